The summed E-state index contributed by atoms with van der Waals surface area (Å²) in [6.07, 6.45) is 3.93. The van der Waals surface area contributed by atoms with Crippen LogP contribution in [0.1, 0.15) is 46.5 Å². The van der Waals surface area contributed by atoms with Crippen molar-refractivity contribution < 1.29 is 9.59 Å². The molecule has 1 saturated carbocycles. The van der Waals surface area contributed by atoms with Crippen LogP contribution in [-0.4, -0.2) is 56.4 Å². The van der Waals surface area contributed by atoms with Gasteiger partial charge in [0.1, 0.15) is 0 Å². The van der Waals surface area contributed by atoms with Gasteiger partial charge in [-0.2, -0.15) is 0 Å². The van der Waals surface area contributed by atoms with Gasteiger partial charge in [-0.05, 0) is 33.6 Å². The minimum absolute atomic E-state index is 0.167. The highest BCUT2D eigenvalue weighted by Crippen LogP contribution is 2.38. The van der Waals surface area contributed by atoms with Crippen molar-refractivity contribution >= 4 is 17.8 Å². The Morgan fingerprint density at radius 3 is 2.25 bits per heavy atom. The summed E-state index contributed by atoms with van der Waals surface area (Å²) >= 11 is 0. The number of hydrogen-bond acceptors (Lipinski definition) is 3. The Morgan fingerprint density at radius 2 is 1.79 bits per heavy atom. The average Bonchev–Trinajstić information content (AvgIpc) is 2.99. The molecule has 7 heteroatoms. The average molecular weight is 339 g/mol. The zero-order valence-electron chi connectivity index (χ0n) is 15.7. The van der Waals surface area contributed by atoms with Crippen molar-refractivity contribution in [2.45, 2.75) is 46.5 Å². The van der Waals surface area contributed by atoms with Crippen LogP contribution in [0.4, 0.5) is 0 Å². The summed E-state index contributed by atoms with van der Waals surface area (Å²) in [4.78, 5) is 30.2. The highest BCUT2D eigenvalue weighted by molar-refractivity contribution is 5.85. The first-order valence-electron chi connectivity index (χ1n) is 8.68. The third-order valence-electron chi connectivity index (χ3n) is 4.66. The SMILES string of the molecule is CCNC(=NCC(C)(C)C(N)=O)NCC1(C(=O)N(C)C)CCCC1. The Bertz CT molecular complexity index is 479. The molecule has 0 heterocycles. The summed E-state index contributed by atoms with van der Waals surface area (Å²) in [5.41, 5.74) is 4.34. The Kier molecular flexibility index (Phi) is 7.05. The van der Waals surface area contributed by atoms with Gasteiger partial charge in [-0.25, -0.2) is 0 Å². The van der Waals surface area contributed by atoms with Crippen LogP contribution in [0, 0.1) is 10.8 Å². The molecule has 0 radical (unpaired) electrons. The van der Waals surface area contributed by atoms with Gasteiger partial charge in [-0.3, -0.25) is 14.6 Å². The lowest BCUT2D eigenvalue weighted by Gasteiger charge is -2.31. The molecule has 0 bridgehead atoms. The molecule has 0 unspecified atom stereocenters. The maximum Gasteiger partial charge on any atom is 0.230 e. The van der Waals surface area contributed by atoms with Crippen LogP contribution < -0.4 is 16.4 Å². The number of amides is 2. The van der Waals surface area contributed by atoms with Crippen LogP contribution in [0.3, 0.4) is 0 Å². The molecule has 24 heavy (non-hydrogen) atoms. The fourth-order valence-electron chi connectivity index (χ4n) is 2.94. The van der Waals surface area contributed by atoms with Crippen molar-refractivity contribution in [1.29, 1.82) is 0 Å². The molecule has 0 aromatic carbocycles. The van der Waals surface area contributed by atoms with Crippen LogP contribution in [-0.2, 0) is 9.59 Å². The number of nitrogens with one attached hydrogen (secondary N) is 2. The van der Waals surface area contributed by atoms with E-state index in [4.69, 9.17) is 5.73 Å². The molecular weight excluding hydrogens is 306 g/mol. The predicted molar refractivity (Wildman–Crippen MR) is 96.6 cm³/mol. The third kappa shape index (κ3) is 5.11. The molecule has 0 spiro atoms. The van der Waals surface area contributed by atoms with E-state index in [0.29, 0.717) is 25.6 Å². The molecule has 0 aliphatic heterocycles. The number of guanidine groups is 1. The molecule has 0 aromatic rings. The van der Waals surface area contributed by atoms with Crippen LogP contribution in [0.15, 0.2) is 4.99 Å². The minimum Gasteiger partial charge on any atom is -0.369 e. The van der Waals surface area contributed by atoms with Crippen LogP contribution in [0.5, 0.6) is 0 Å². The Balaban J connectivity index is 2.80. The van der Waals surface area contributed by atoms with Crippen molar-refractivity contribution in [1.82, 2.24) is 15.5 Å². The van der Waals surface area contributed by atoms with E-state index in [1.54, 1.807) is 32.8 Å². The van der Waals surface area contributed by atoms with E-state index in [2.05, 4.69) is 15.6 Å². The first-order chi connectivity index (χ1) is 11.1. The fraction of sp³-hybridized carbons (Fsp3) is 0.824. The van der Waals surface area contributed by atoms with Crippen molar-refractivity contribution in [2.75, 3.05) is 33.7 Å². The first kappa shape index (κ1) is 20.3. The van der Waals surface area contributed by atoms with Gasteiger partial charge in [0, 0.05) is 27.2 Å². The number of nitrogens with two attached hydrogens (primary N) is 1. The van der Waals surface area contributed by atoms with Gasteiger partial charge in [0.15, 0.2) is 5.96 Å². The predicted octanol–water partition coefficient (Wildman–Crippen LogP) is 0.702. The van der Waals surface area contributed by atoms with E-state index in [9.17, 15) is 9.59 Å². The van der Waals surface area contributed by atoms with Gasteiger partial charge >= 0.3 is 0 Å². The number of primary amides is 1. The van der Waals surface area contributed by atoms with Gasteiger partial charge in [0.25, 0.3) is 0 Å². The number of aliphatic imine (C=N–C) groups is 1. The maximum absolute atomic E-state index is 12.6. The van der Waals surface area contributed by atoms with E-state index >= 15 is 0 Å². The summed E-state index contributed by atoms with van der Waals surface area (Å²) in [5, 5.41) is 6.46. The highest BCUT2D eigenvalue weighted by Gasteiger charge is 2.42. The first-order valence-corrected chi connectivity index (χ1v) is 8.68. The Labute approximate surface area is 145 Å². The quantitative estimate of drug-likeness (QED) is 0.469. The Morgan fingerprint density at radius 1 is 1.21 bits per heavy atom. The number of hydrogen-bond donors (Lipinski definition) is 3. The van der Waals surface area contributed by atoms with Gasteiger partial charge in [0.05, 0.1) is 17.4 Å². The summed E-state index contributed by atoms with van der Waals surface area (Å²) in [5.74, 6) is 0.405. The minimum atomic E-state index is -0.702. The largest absolute Gasteiger partial charge is 0.369 e. The zero-order chi connectivity index (χ0) is 18.4. The molecule has 0 aromatic heterocycles. The number of carbonyl (C=O) groups is 2. The van der Waals surface area contributed by atoms with E-state index in [0.717, 1.165) is 25.7 Å². The van der Waals surface area contributed by atoms with Crippen molar-refractivity contribution in [3.05, 3.63) is 0 Å². The second-order valence-corrected chi connectivity index (χ2v) is 7.48. The summed E-state index contributed by atoms with van der Waals surface area (Å²) in [6.45, 7) is 7.08. The third-order valence-corrected chi connectivity index (χ3v) is 4.66. The summed E-state index contributed by atoms with van der Waals surface area (Å²) in [6, 6.07) is 0. The lowest BCUT2D eigenvalue weighted by molar-refractivity contribution is -0.138. The lowest BCUT2D eigenvalue weighted by Crippen LogP contribution is -2.49. The molecular formula is C17H33N5O2. The molecule has 138 valence electrons. The number of carbonyl (C=O) groups excluding carboxylic acids is 2. The lowest BCUT2D eigenvalue weighted by atomic mass is 9.84. The smallest absolute Gasteiger partial charge is 0.230 e. The topological polar surface area (TPSA) is 99.8 Å². The van der Waals surface area contributed by atoms with Crippen LogP contribution in [0.2, 0.25) is 0 Å². The van der Waals surface area contributed by atoms with Gasteiger partial charge < -0.3 is 21.3 Å². The molecule has 1 aliphatic rings. The number of rotatable bonds is 7. The monoisotopic (exact) mass is 339 g/mol. The molecule has 4 N–H and O–H groups in total. The normalized spacial score (nSPS) is 17.5. The molecule has 2 amide bonds. The van der Waals surface area contributed by atoms with Gasteiger partial charge in [-0.1, -0.05) is 12.8 Å². The fourth-order valence-corrected chi connectivity index (χ4v) is 2.94. The van der Waals surface area contributed by atoms with Gasteiger partial charge in [-0.15, -0.1) is 0 Å². The molecule has 0 atom stereocenters. The highest BCUT2D eigenvalue weighted by atomic mass is 16.2. The van der Waals surface area contributed by atoms with Crippen molar-refractivity contribution in [2.24, 2.45) is 21.6 Å². The van der Waals surface area contributed by atoms with Crippen LogP contribution >= 0.6 is 0 Å². The maximum atomic E-state index is 12.6. The van der Waals surface area contributed by atoms with Crippen molar-refractivity contribution in [3.63, 3.8) is 0 Å². The van der Waals surface area contributed by atoms with Crippen molar-refractivity contribution in [3.8, 4) is 0 Å². The van der Waals surface area contributed by atoms with E-state index < -0.39 is 5.41 Å². The number of nitrogens with zero attached hydrogens (tertiary/aromatic N) is 2. The van der Waals surface area contributed by atoms with E-state index in [-0.39, 0.29) is 17.2 Å². The standard InChI is InChI=1S/C17H33N5O2/c1-6-19-15(20-11-16(2,3)13(18)23)21-12-17(9-7-8-10-17)14(24)22(4)5/h6-12H2,1-5H3,(H2,18,23)(H2,19,20,21). The Hall–Kier alpha value is -1.79. The van der Waals surface area contributed by atoms with E-state index in [1.165, 1.54) is 0 Å². The molecule has 0 saturated heterocycles. The molecule has 1 fully saturated rings. The molecule has 1 aliphatic carbocycles. The second kappa shape index (κ2) is 8.35. The second-order valence-electron chi connectivity index (χ2n) is 7.48. The zero-order valence-corrected chi connectivity index (χ0v) is 15.7. The van der Waals surface area contributed by atoms with Crippen LogP contribution in [0.25, 0.3) is 0 Å². The molecule has 1 rings (SSSR count). The summed E-state index contributed by atoms with van der Waals surface area (Å²) in [7, 11) is 3.61. The van der Waals surface area contributed by atoms with E-state index in [1.807, 2.05) is 6.92 Å². The molecule has 7 nitrogen and oxygen atoms in total. The van der Waals surface area contributed by atoms with Gasteiger partial charge in [0.2, 0.25) is 11.8 Å². The summed E-state index contributed by atoms with van der Waals surface area (Å²) < 4.78 is 0.